The Morgan fingerprint density at radius 3 is 2.55 bits per heavy atom. The van der Waals surface area contributed by atoms with Gasteiger partial charge in [0.1, 0.15) is 5.82 Å². The molecule has 1 aromatic carbocycles. The van der Waals surface area contributed by atoms with Gasteiger partial charge in [-0.25, -0.2) is 4.98 Å². The van der Waals surface area contributed by atoms with Crippen LogP contribution in [0.2, 0.25) is 0 Å². The van der Waals surface area contributed by atoms with Crippen molar-refractivity contribution >= 4 is 17.4 Å². The fourth-order valence-corrected chi connectivity index (χ4v) is 3.28. The van der Waals surface area contributed by atoms with E-state index in [2.05, 4.69) is 10.3 Å². The average Bonchev–Trinajstić information content (AvgIpc) is 2.73. The van der Waals surface area contributed by atoms with E-state index in [1.165, 1.54) is 18.3 Å². The molecule has 2 heterocycles. The van der Waals surface area contributed by atoms with E-state index in [1.807, 2.05) is 0 Å². The van der Waals surface area contributed by atoms with Crippen molar-refractivity contribution in [3.63, 3.8) is 0 Å². The van der Waals surface area contributed by atoms with Gasteiger partial charge in [0.2, 0.25) is 5.91 Å². The SMILES string of the molecule is N#Cc1ccc(N2CCC(C(=O)Nc3ccc(CO)cn3)CC2)cc1C(F)(F)F. The number of carbonyl (C=O) groups excluding carboxylic acids is 1. The minimum atomic E-state index is -4.60. The smallest absolute Gasteiger partial charge is 0.392 e. The minimum Gasteiger partial charge on any atom is -0.392 e. The Hall–Kier alpha value is -3.12. The van der Waals surface area contributed by atoms with Crippen LogP contribution in [0.5, 0.6) is 0 Å². The highest BCUT2D eigenvalue weighted by Crippen LogP contribution is 2.35. The molecule has 0 saturated carbocycles. The molecule has 1 saturated heterocycles. The second kappa shape index (κ2) is 8.49. The van der Waals surface area contributed by atoms with Crippen molar-refractivity contribution in [2.45, 2.75) is 25.6 Å². The van der Waals surface area contributed by atoms with Gasteiger partial charge in [0.15, 0.2) is 0 Å². The summed E-state index contributed by atoms with van der Waals surface area (Å²) in [6, 6.07) is 8.51. The van der Waals surface area contributed by atoms with Gasteiger partial charge in [0.25, 0.3) is 0 Å². The quantitative estimate of drug-likeness (QED) is 0.816. The van der Waals surface area contributed by atoms with Crippen molar-refractivity contribution in [2.24, 2.45) is 5.92 Å². The Bertz CT molecular complexity index is 915. The van der Waals surface area contributed by atoms with Crippen molar-refractivity contribution in [1.82, 2.24) is 4.98 Å². The lowest BCUT2D eigenvalue weighted by atomic mass is 9.95. The third-order valence-electron chi connectivity index (χ3n) is 4.92. The van der Waals surface area contributed by atoms with Crippen molar-refractivity contribution in [2.75, 3.05) is 23.3 Å². The number of pyridine rings is 1. The number of aliphatic hydroxyl groups excluding tert-OH is 1. The zero-order chi connectivity index (χ0) is 21.0. The van der Waals surface area contributed by atoms with Crippen molar-refractivity contribution in [3.8, 4) is 6.07 Å². The predicted octanol–water partition coefficient (Wildman–Crippen LogP) is 3.32. The Balaban J connectivity index is 1.63. The first-order chi connectivity index (χ1) is 13.8. The lowest BCUT2D eigenvalue weighted by Gasteiger charge is -2.33. The van der Waals surface area contributed by atoms with E-state index in [1.54, 1.807) is 23.1 Å². The molecule has 1 aliphatic heterocycles. The molecule has 0 unspecified atom stereocenters. The second-order valence-corrected chi connectivity index (χ2v) is 6.80. The van der Waals surface area contributed by atoms with Crippen LogP contribution in [0.4, 0.5) is 24.7 Å². The normalized spacial score (nSPS) is 15.1. The second-order valence-electron chi connectivity index (χ2n) is 6.80. The van der Waals surface area contributed by atoms with Gasteiger partial charge in [-0.1, -0.05) is 6.07 Å². The summed E-state index contributed by atoms with van der Waals surface area (Å²) in [7, 11) is 0. The summed E-state index contributed by atoms with van der Waals surface area (Å²) in [6.45, 7) is 0.724. The molecule has 0 aliphatic carbocycles. The Kier molecular flexibility index (Phi) is 6.03. The lowest BCUT2D eigenvalue weighted by molar-refractivity contribution is -0.137. The monoisotopic (exact) mass is 404 g/mol. The highest BCUT2D eigenvalue weighted by molar-refractivity contribution is 5.91. The first kappa shape index (κ1) is 20.6. The Morgan fingerprint density at radius 2 is 2.00 bits per heavy atom. The van der Waals surface area contributed by atoms with Gasteiger partial charge in [0.05, 0.1) is 23.8 Å². The van der Waals surface area contributed by atoms with Crippen LogP contribution in [0.1, 0.15) is 29.5 Å². The number of hydrogen-bond donors (Lipinski definition) is 2. The predicted molar refractivity (Wildman–Crippen MR) is 99.9 cm³/mol. The minimum absolute atomic E-state index is 0.134. The van der Waals surface area contributed by atoms with Crippen LogP contribution < -0.4 is 10.2 Å². The number of nitriles is 1. The maximum absolute atomic E-state index is 13.2. The first-order valence-electron chi connectivity index (χ1n) is 9.04. The van der Waals surface area contributed by atoms with Gasteiger partial charge in [-0.05, 0) is 42.7 Å². The molecule has 1 fully saturated rings. The number of hydrogen-bond acceptors (Lipinski definition) is 5. The molecule has 0 radical (unpaired) electrons. The summed E-state index contributed by atoms with van der Waals surface area (Å²) in [5.41, 5.74) is -0.335. The number of aliphatic hydroxyl groups is 1. The number of halogens is 3. The van der Waals surface area contributed by atoms with Crippen LogP contribution in [0.25, 0.3) is 0 Å². The molecular weight excluding hydrogens is 385 g/mol. The van der Waals surface area contributed by atoms with Gasteiger partial charge in [-0.15, -0.1) is 0 Å². The van der Waals surface area contributed by atoms with Crippen LogP contribution in [-0.2, 0) is 17.6 Å². The van der Waals surface area contributed by atoms with Crippen LogP contribution in [0.3, 0.4) is 0 Å². The third-order valence-corrected chi connectivity index (χ3v) is 4.92. The topological polar surface area (TPSA) is 89.2 Å². The molecule has 2 aromatic rings. The molecule has 9 heteroatoms. The summed E-state index contributed by atoms with van der Waals surface area (Å²) < 4.78 is 39.5. The molecule has 152 valence electrons. The molecule has 0 spiro atoms. The summed E-state index contributed by atoms with van der Waals surface area (Å²) >= 11 is 0. The molecular formula is C20H19F3N4O2. The van der Waals surface area contributed by atoms with Crippen LogP contribution >= 0.6 is 0 Å². The molecule has 29 heavy (non-hydrogen) atoms. The van der Waals surface area contributed by atoms with E-state index in [0.717, 1.165) is 6.07 Å². The molecule has 6 nitrogen and oxygen atoms in total. The molecule has 0 bridgehead atoms. The molecule has 3 rings (SSSR count). The van der Waals surface area contributed by atoms with E-state index in [4.69, 9.17) is 10.4 Å². The zero-order valence-corrected chi connectivity index (χ0v) is 15.4. The van der Waals surface area contributed by atoms with E-state index in [0.29, 0.717) is 43.0 Å². The summed E-state index contributed by atoms with van der Waals surface area (Å²) in [4.78, 5) is 18.3. The van der Waals surface area contributed by atoms with E-state index in [-0.39, 0.29) is 18.4 Å². The molecule has 2 N–H and O–H groups in total. The number of piperidine rings is 1. The summed E-state index contributed by atoms with van der Waals surface area (Å²) in [5.74, 6) is -0.0766. The number of anilines is 2. The van der Waals surface area contributed by atoms with Crippen molar-refractivity contribution in [3.05, 3.63) is 53.2 Å². The number of alkyl halides is 3. The van der Waals surface area contributed by atoms with E-state index >= 15 is 0 Å². The van der Waals surface area contributed by atoms with Gasteiger partial charge in [-0.3, -0.25) is 4.79 Å². The number of nitrogens with one attached hydrogen (secondary N) is 1. The number of benzene rings is 1. The number of rotatable bonds is 4. The zero-order valence-electron chi connectivity index (χ0n) is 15.4. The van der Waals surface area contributed by atoms with Gasteiger partial charge < -0.3 is 15.3 Å². The van der Waals surface area contributed by atoms with Crippen molar-refractivity contribution < 1.29 is 23.1 Å². The molecule has 1 aliphatic rings. The molecule has 1 aromatic heterocycles. The van der Waals surface area contributed by atoms with E-state index < -0.39 is 17.3 Å². The van der Waals surface area contributed by atoms with E-state index in [9.17, 15) is 18.0 Å². The number of carbonyl (C=O) groups is 1. The van der Waals surface area contributed by atoms with Gasteiger partial charge in [-0.2, -0.15) is 18.4 Å². The van der Waals surface area contributed by atoms with Gasteiger partial charge >= 0.3 is 6.18 Å². The maximum Gasteiger partial charge on any atom is 0.417 e. The fraction of sp³-hybridized carbons (Fsp3) is 0.350. The van der Waals surface area contributed by atoms with Gasteiger partial charge in [0, 0.05) is 30.9 Å². The maximum atomic E-state index is 13.2. The molecule has 1 amide bonds. The Labute approximate surface area is 165 Å². The van der Waals surface area contributed by atoms with Crippen LogP contribution in [0, 0.1) is 17.2 Å². The van der Waals surface area contributed by atoms with Crippen molar-refractivity contribution in [1.29, 1.82) is 5.26 Å². The lowest BCUT2D eigenvalue weighted by Crippen LogP contribution is -2.38. The highest BCUT2D eigenvalue weighted by Gasteiger charge is 2.34. The number of nitrogens with zero attached hydrogens (tertiary/aromatic N) is 3. The largest absolute Gasteiger partial charge is 0.417 e. The third kappa shape index (κ3) is 4.84. The summed E-state index contributed by atoms with van der Waals surface area (Å²) in [6.07, 6.45) is -2.15. The summed E-state index contributed by atoms with van der Waals surface area (Å²) in [5, 5.41) is 20.6. The standard InChI is InChI=1S/C20H19F3N4O2/c21-20(22,23)17-9-16(3-2-15(17)10-24)27-7-5-14(6-8-27)19(29)26-18-4-1-13(12-28)11-25-18/h1-4,9,11,14,28H,5-8,12H2,(H,25,26,29). The van der Waals surface area contributed by atoms with Crippen LogP contribution in [0.15, 0.2) is 36.5 Å². The molecule has 0 atom stereocenters. The Morgan fingerprint density at radius 1 is 1.28 bits per heavy atom. The number of amides is 1. The fourth-order valence-electron chi connectivity index (χ4n) is 3.28. The van der Waals surface area contributed by atoms with Crippen LogP contribution in [-0.4, -0.2) is 29.1 Å². The highest BCUT2D eigenvalue weighted by atomic mass is 19.4. The first-order valence-corrected chi connectivity index (χ1v) is 9.04. The average molecular weight is 404 g/mol. The number of aromatic nitrogens is 1.